The van der Waals surface area contributed by atoms with Crippen molar-refractivity contribution in [2.45, 2.75) is 25.9 Å². The van der Waals surface area contributed by atoms with Gasteiger partial charge in [-0.2, -0.15) is 22.8 Å². The number of amides is 1. The van der Waals surface area contributed by atoms with Gasteiger partial charge in [0.15, 0.2) is 11.5 Å². The smallest absolute Gasteiger partial charge is 0.355 e. The van der Waals surface area contributed by atoms with Crippen molar-refractivity contribution >= 4 is 23.2 Å². The van der Waals surface area contributed by atoms with Crippen molar-refractivity contribution in [3.05, 3.63) is 53.9 Å². The number of aromatic nitrogens is 6. The van der Waals surface area contributed by atoms with Crippen LogP contribution < -0.4 is 10.2 Å². The summed E-state index contributed by atoms with van der Waals surface area (Å²) in [5.41, 5.74) is 2.94. The number of alkyl halides is 3. The molecule has 1 aliphatic heterocycles. The molecule has 34 heavy (non-hydrogen) atoms. The van der Waals surface area contributed by atoms with E-state index >= 15 is 0 Å². The summed E-state index contributed by atoms with van der Waals surface area (Å²) >= 11 is 0. The SMILES string of the molecule is Cc1ccccc1-c1cc(NC(=O)C2CCN(c3ccc4nnc(C(F)(F)F)n4n3)CC2)n[nH]1. The minimum atomic E-state index is -4.65. The zero-order chi connectivity index (χ0) is 23.9. The van der Waals surface area contributed by atoms with Crippen molar-refractivity contribution in [3.8, 4) is 11.3 Å². The fraction of sp³-hybridized carbons (Fsp3) is 0.318. The molecule has 2 N–H and O–H groups in total. The van der Waals surface area contributed by atoms with Gasteiger partial charge in [-0.25, -0.2) is 0 Å². The van der Waals surface area contributed by atoms with Gasteiger partial charge in [0.05, 0.1) is 5.69 Å². The number of nitrogens with zero attached hydrogens (tertiary/aromatic N) is 6. The van der Waals surface area contributed by atoms with Gasteiger partial charge in [0.1, 0.15) is 5.82 Å². The molecule has 1 aromatic carbocycles. The van der Waals surface area contributed by atoms with Crippen LogP contribution in [0.5, 0.6) is 0 Å². The molecule has 3 aromatic heterocycles. The molecule has 0 bridgehead atoms. The van der Waals surface area contributed by atoms with Crippen LogP contribution >= 0.6 is 0 Å². The van der Waals surface area contributed by atoms with Crippen molar-refractivity contribution < 1.29 is 18.0 Å². The van der Waals surface area contributed by atoms with Crippen molar-refractivity contribution in [2.24, 2.45) is 5.92 Å². The fourth-order valence-corrected chi connectivity index (χ4v) is 4.12. The summed E-state index contributed by atoms with van der Waals surface area (Å²) in [6.07, 6.45) is -3.58. The van der Waals surface area contributed by atoms with E-state index in [1.165, 1.54) is 6.07 Å². The number of H-pyrrole nitrogens is 1. The Labute approximate surface area is 192 Å². The van der Waals surface area contributed by atoms with E-state index in [0.29, 0.717) is 42.1 Å². The fourth-order valence-electron chi connectivity index (χ4n) is 4.12. The van der Waals surface area contributed by atoms with Gasteiger partial charge in [-0.1, -0.05) is 24.3 Å². The minimum absolute atomic E-state index is 0.0226. The van der Waals surface area contributed by atoms with Crippen molar-refractivity contribution in [1.29, 1.82) is 0 Å². The van der Waals surface area contributed by atoms with Gasteiger partial charge >= 0.3 is 6.18 Å². The van der Waals surface area contributed by atoms with E-state index in [2.05, 4.69) is 30.8 Å². The predicted molar refractivity (Wildman–Crippen MR) is 118 cm³/mol. The maximum atomic E-state index is 13.1. The number of anilines is 2. The van der Waals surface area contributed by atoms with Crippen LogP contribution in [0.15, 0.2) is 42.5 Å². The molecule has 176 valence electrons. The average Bonchev–Trinajstić information content (AvgIpc) is 3.46. The van der Waals surface area contributed by atoms with Crippen molar-refractivity contribution in [1.82, 2.24) is 30.0 Å². The highest BCUT2D eigenvalue weighted by atomic mass is 19.4. The number of piperidine rings is 1. The zero-order valence-corrected chi connectivity index (χ0v) is 18.2. The van der Waals surface area contributed by atoms with Crippen LogP contribution in [0.4, 0.5) is 24.8 Å². The number of benzene rings is 1. The van der Waals surface area contributed by atoms with Crippen LogP contribution in [-0.4, -0.2) is 49.0 Å². The average molecular weight is 470 g/mol. The third-order valence-corrected chi connectivity index (χ3v) is 5.96. The molecule has 0 saturated carbocycles. The lowest BCUT2D eigenvalue weighted by atomic mass is 9.96. The molecule has 0 spiro atoms. The first-order valence-corrected chi connectivity index (χ1v) is 10.8. The van der Waals surface area contributed by atoms with E-state index in [4.69, 9.17) is 0 Å². The molecular weight excluding hydrogens is 449 g/mol. The van der Waals surface area contributed by atoms with Crippen LogP contribution in [-0.2, 0) is 11.0 Å². The number of nitrogens with one attached hydrogen (secondary N) is 2. The first-order valence-electron chi connectivity index (χ1n) is 10.8. The molecule has 12 heteroatoms. The highest BCUT2D eigenvalue weighted by Gasteiger charge is 2.38. The Morgan fingerprint density at radius 3 is 2.62 bits per heavy atom. The molecule has 0 unspecified atom stereocenters. The van der Waals surface area contributed by atoms with E-state index in [0.717, 1.165) is 16.8 Å². The lowest BCUT2D eigenvalue weighted by molar-refractivity contribution is -0.146. The van der Waals surface area contributed by atoms with Gasteiger partial charge < -0.3 is 10.2 Å². The Balaban J connectivity index is 1.23. The number of carbonyl (C=O) groups is 1. The number of rotatable bonds is 4. The summed E-state index contributed by atoms with van der Waals surface area (Å²) in [5.74, 6) is -0.706. The lowest BCUT2D eigenvalue weighted by Crippen LogP contribution is -2.38. The van der Waals surface area contributed by atoms with E-state index in [-0.39, 0.29) is 17.5 Å². The summed E-state index contributed by atoms with van der Waals surface area (Å²) in [5, 5.41) is 20.8. The monoisotopic (exact) mass is 470 g/mol. The van der Waals surface area contributed by atoms with E-state index in [1.54, 1.807) is 12.1 Å². The number of hydrogen-bond acceptors (Lipinski definition) is 6. The van der Waals surface area contributed by atoms with Crippen LogP contribution in [0.3, 0.4) is 0 Å². The van der Waals surface area contributed by atoms with Crippen LogP contribution in [0.25, 0.3) is 16.9 Å². The number of hydrogen-bond donors (Lipinski definition) is 2. The first-order chi connectivity index (χ1) is 16.3. The Bertz CT molecular complexity index is 1340. The van der Waals surface area contributed by atoms with Gasteiger partial charge in [-0.15, -0.1) is 15.3 Å². The second-order valence-corrected chi connectivity index (χ2v) is 8.22. The first kappa shape index (κ1) is 21.9. The quantitative estimate of drug-likeness (QED) is 0.472. The van der Waals surface area contributed by atoms with E-state index in [9.17, 15) is 18.0 Å². The van der Waals surface area contributed by atoms with Crippen LogP contribution in [0.1, 0.15) is 24.2 Å². The maximum Gasteiger partial charge on any atom is 0.453 e. The Morgan fingerprint density at radius 2 is 1.88 bits per heavy atom. The summed E-state index contributed by atoms with van der Waals surface area (Å²) in [6.45, 7) is 2.96. The molecule has 0 atom stereocenters. The largest absolute Gasteiger partial charge is 0.453 e. The van der Waals surface area contributed by atoms with Crippen LogP contribution in [0, 0.1) is 12.8 Å². The number of aromatic amines is 1. The molecule has 1 saturated heterocycles. The Kier molecular flexibility index (Phi) is 5.42. The molecular formula is C22H21F3N8O. The second kappa shape index (κ2) is 8.43. The normalized spacial score (nSPS) is 15.1. The summed E-state index contributed by atoms with van der Waals surface area (Å²) < 4.78 is 40.1. The lowest BCUT2D eigenvalue weighted by Gasteiger charge is -2.31. The second-order valence-electron chi connectivity index (χ2n) is 8.22. The van der Waals surface area contributed by atoms with Gasteiger partial charge in [0.25, 0.3) is 5.82 Å². The molecule has 1 amide bonds. The maximum absolute atomic E-state index is 13.1. The Hall–Kier alpha value is -3.96. The molecule has 9 nitrogen and oxygen atoms in total. The third-order valence-electron chi connectivity index (χ3n) is 5.96. The van der Waals surface area contributed by atoms with Gasteiger partial charge in [0.2, 0.25) is 5.91 Å². The molecule has 0 aliphatic carbocycles. The minimum Gasteiger partial charge on any atom is -0.355 e. The van der Waals surface area contributed by atoms with Gasteiger partial charge in [0, 0.05) is 30.6 Å². The summed E-state index contributed by atoms with van der Waals surface area (Å²) in [6, 6.07) is 12.7. The topological polar surface area (TPSA) is 104 Å². The number of carbonyl (C=O) groups excluding carboxylic acids is 1. The molecule has 4 heterocycles. The molecule has 1 aliphatic rings. The zero-order valence-electron chi connectivity index (χ0n) is 18.2. The third kappa shape index (κ3) is 4.18. The highest BCUT2D eigenvalue weighted by Crippen LogP contribution is 2.29. The number of fused-ring (bicyclic) bond motifs is 1. The molecule has 5 rings (SSSR count). The molecule has 0 radical (unpaired) electrons. The summed E-state index contributed by atoms with van der Waals surface area (Å²) in [4.78, 5) is 14.6. The highest BCUT2D eigenvalue weighted by molar-refractivity contribution is 5.92. The van der Waals surface area contributed by atoms with Crippen molar-refractivity contribution in [3.63, 3.8) is 0 Å². The van der Waals surface area contributed by atoms with E-state index in [1.807, 2.05) is 36.1 Å². The van der Waals surface area contributed by atoms with Gasteiger partial charge in [-0.3, -0.25) is 9.89 Å². The van der Waals surface area contributed by atoms with Gasteiger partial charge in [-0.05, 0) is 37.5 Å². The Morgan fingerprint density at radius 1 is 1.12 bits per heavy atom. The molecule has 4 aromatic rings. The standard InChI is InChI=1S/C22H21F3N8O/c1-13-4-2-3-5-15(13)16-12-17(28-27-16)26-20(34)14-8-10-32(11-9-14)19-7-6-18-29-30-21(22(23,24)25)33(18)31-19/h2-7,12,14H,8-11H2,1H3,(H2,26,27,28,34). The summed E-state index contributed by atoms with van der Waals surface area (Å²) in [7, 11) is 0. The van der Waals surface area contributed by atoms with Crippen LogP contribution in [0.2, 0.25) is 0 Å². The van der Waals surface area contributed by atoms with Crippen molar-refractivity contribution in [2.75, 3.05) is 23.3 Å². The van der Waals surface area contributed by atoms with E-state index < -0.39 is 12.0 Å². The number of aryl methyl sites for hydroxylation is 1. The number of halogens is 3. The molecule has 1 fully saturated rings. The predicted octanol–water partition coefficient (Wildman–Crippen LogP) is 3.70.